The molecule has 0 aliphatic heterocycles. The van der Waals surface area contributed by atoms with Crippen LogP contribution in [-0.2, 0) is 0 Å². The number of nitrogen functional groups attached to an aromatic ring is 1. The maximum Gasteiger partial charge on any atom is 0.182 e. The summed E-state index contributed by atoms with van der Waals surface area (Å²) in [5.41, 5.74) is 7.59. The summed E-state index contributed by atoms with van der Waals surface area (Å²) >= 11 is 0. The minimum absolute atomic E-state index is 0.421. The van der Waals surface area contributed by atoms with Crippen molar-refractivity contribution in [2.75, 3.05) is 5.73 Å². The van der Waals surface area contributed by atoms with E-state index in [1.165, 1.54) is 32.1 Å². The zero-order chi connectivity index (χ0) is 13.9. The van der Waals surface area contributed by atoms with Crippen molar-refractivity contribution in [1.29, 1.82) is 0 Å². The van der Waals surface area contributed by atoms with Crippen LogP contribution in [0.5, 0.6) is 0 Å². The lowest BCUT2D eigenvalue weighted by molar-refractivity contribution is 0.255. The summed E-state index contributed by atoms with van der Waals surface area (Å²) in [5.74, 6) is 1.70. The molecule has 1 heterocycles. The SMILES string of the molecule is CCC1CCC(n2nnnc2-c2cccc(N)c2)CC1. The molecule has 106 valence electrons. The van der Waals surface area contributed by atoms with E-state index in [0.29, 0.717) is 6.04 Å². The van der Waals surface area contributed by atoms with Crippen LogP contribution in [0.3, 0.4) is 0 Å². The monoisotopic (exact) mass is 271 g/mol. The molecule has 1 fully saturated rings. The zero-order valence-electron chi connectivity index (χ0n) is 11.9. The second-order valence-electron chi connectivity index (χ2n) is 5.66. The normalized spacial score (nSPS) is 22.9. The van der Waals surface area contributed by atoms with Crippen LogP contribution < -0.4 is 5.73 Å². The minimum atomic E-state index is 0.421. The van der Waals surface area contributed by atoms with Crippen molar-refractivity contribution in [2.24, 2.45) is 5.92 Å². The van der Waals surface area contributed by atoms with Crippen molar-refractivity contribution in [1.82, 2.24) is 20.2 Å². The van der Waals surface area contributed by atoms with Gasteiger partial charge in [-0.05, 0) is 54.2 Å². The second-order valence-corrected chi connectivity index (χ2v) is 5.66. The summed E-state index contributed by atoms with van der Waals surface area (Å²) in [4.78, 5) is 0. The first-order chi connectivity index (χ1) is 9.78. The Morgan fingerprint density at radius 1 is 1.25 bits per heavy atom. The lowest BCUT2D eigenvalue weighted by Gasteiger charge is -2.28. The molecule has 2 N–H and O–H groups in total. The lowest BCUT2D eigenvalue weighted by atomic mass is 9.84. The Balaban J connectivity index is 1.84. The van der Waals surface area contributed by atoms with Crippen LogP contribution in [0.1, 0.15) is 45.1 Å². The van der Waals surface area contributed by atoms with Gasteiger partial charge in [-0.1, -0.05) is 25.5 Å². The smallest absolute Gasteiger partial charge is 0.182 e. The minimum Gasteiger partial charge on any atom is -0.399 e. The van der Waals surface area contributed by atoms with E-state index in [0.717, 1.165) is 23.0 Å². The number of benzene rings is 1. The Bertz CT molecular complexity index is 569. The Kier molecular flexibility index (Phi) is 3.67. The van der Waals surface area contributed by atoms with E-state index in [1.54, 1.807) is 0 Å². The molecule has 1 aromatic carbocycles. The molecule has 0 bridgehead atoms. The van der Waals surface area contributed by atoms with Gasteiger partial charge in [0.2, 0.25) is 0 Å². The van der Waals surface area contributed by atoms with Gasteiger partial charge in [-0.3, -0.25) is 0 Å². The Labute approximate surface area is 119 Å². The van der Waals surface area contributed by atoms with Crippen LogP contribution in [-0.4, -0.2) is 20.2 Å². The molecule has 5 heteroatoms. The summed E-state index contributed by atoms with van der Waals surface area (Å²) < 4.78 is 1.99. The molecule has 3 rings (SSSR count). The molecule has 1 saturated carbocycles. The second kappa shape index (κ2) is 5.61. The van der Waals surface area contributed by atoms with Crippen molar-refractivity contribution < 1.29 is 0 Å². The van der Waals surface area contributed by atoms with Crippen LogP contribution in [0.4, 0.5) is 5.69 Å². The van der Waals surface area contributed by atoms with Gasteiger partial charge in [0.25, 0.3) is 0 Å². The highest BCUT2D eigenvalue weighted by molar-refractivity contribution is 5.60. The molecular weight excluding hydrogens is 250 g/mol. The van der Waals surface area contributed by atoms with Crippen LogP contribution in [0.25, 0.3) is 11.4 Å². The number of nitrogens with zero attached hydrogens (tertiary/aromatic N) is 4. The van der Waals surface area contributed by atoms with E-state index in [9.17, 15) is 0 Å². The van der Waals surface area contributed by atoms with Gasteiger partial charge in [-0.15, -0.1) is 5.10 Å². The van der Waals surface area contributed by atoms with Gasteiger partial charge in [0.1, 0.15) is 0 Å². The third kappa shape index (κ3) is 2.53. The Hall–Kier alpha value is -1.91. The van der Waals surface area contributed by atoms with Crippen molar-refractivity contribution in [2.45, 2.75) is 45.1 Å². The maximum absolute atomic E-state index is 5.85. The number of anilines is 1. The average Bonchev–Trinajstić information content (AvgIpc) is 2.97. The summed E-state index contributed by atoms with van der Waals surface area (Å²) in [6, 6.07) is 8.18. The van der Waals surface area contributed by atoms with Gasteiger partial charge in [0, 0.05) is 11.3 Å². The molecule has 0 radical (unpaired) electrons. The first-order valence-electron chi connectivity index (χ1n) is 7.41. The number of nitrogens with two attached hydrogens (primary N) is 1. The molecule has 1 aliphatic rings. The Morgan fingerprint density at radius 2 is 2.05 bits per heavy atom. The van der Waals surface area contributed by atoms with E-state index in [4.69, 9.17) is 5.73 Å². The molecule has 0 unspecified atom stereocenters. The van der Waals surface area contributed by atoms with Crippen molar-refractivity contribution in [3.05, 3.63) is 24.3 Å². The predicted molar refractivity (Wildman–Crippen MR) is 79.0 cm³/mol. The lowest BCUT2D eigenvalue weighted by Crippen LogP contribution is -2.19. The highest BCUT2D eigenvalue weighted by Gasteiger charge is 2.24. The fraction of sp³-hybridized carbons (Fsp3) is 0.533. The number of hydrogen-bond donors (Lipinski definition) is 1. The number of aromatic nitrogens is 4. The summed E-state index contributed by atoms with van der Waals surface area (Å²) in [6.07, 6.45) is 6.16. The highest BCUT2D eigenvalue weighted by atomic mass is 15.5. The van der Waals surface area contributed by atoms with E-state index < -0.39 is 0 Å². The molecule has 0 atom stereocenters. The number of rotatable bonds is 3. The third-order valence-electron chi connectivity index (χ3n) is 4.38. The van der Waals surface area contributed by atoms with E-state index in [2.05, 4.69) is 22.4 Å². The van der Waals surface area contributed by atoms with Crippen molar-refractivity contribution in [3.63, 3.8) is 0 Å². The quantitative estimate of drug-likeness (QED) is 0.871. The van der Waals surface area contributed by atoms with Gasteiger partial charge in [-0.2, -0.15) is 0 Å². The summed E-state index contributed by atoms with van der Waals surface area (Å²) in [5, 5.41) is 12.3. The van der Waals surface area contributed by atoms with Gasteiger partial charge in [0.15, 0.2) is 5.82 Å². The van der Waals surface area contributed by atoms with E-state index >= 15 is 0 Å². The van der Waals surface area contributed by atoms with Crippen molar-refractivity contribution in [3.8, 4) is 11.4 Å². The first-order valence-corrected chi connectivity index (χ1v) is 7.41. The van der Waals surface area contributed by atoms with Gasteiger partial charge < -0.3 is 5.73 Å². The molecule has 5 nitrogen and oxygen atoms in total. The zero-order valence-corrected chi connectivity index (χ0v) is 11.9. The van der Waals surface area contributed by atoms with Gasteiger partial charge in [-0.25, -0.2) is 4.68 Å². The Morgan fingerprint density at radius 3 is 2.75 bits per heavy atom. The highest BCUT2D eigenvalue weighted by Crippen LogP contribution is 2.35. The third-order valence-corrected chi connectivity index (χ3v) is 4.38. The molecule has 0 spiro atoms. The topological polar surface area (TPSA) is 69.6 Å². The predicted octanol–water partition coefficient (Wildman–Crippen LogP) is 3.06. The molecule has 1 aromatic heterocycles. The summed E-state index contributed by atoms with van der Waals surface area (Å²) in [6.45, 7) is 2.28. The molecule has 2 aromatic rings. The summed E-state index contributed by atoms with van der Waals surface area (Å²) in [7, 11) is 0. The molecule has 20 heavy (non-hydrogen) atoms. The van der Waals surface area contributed by atoms with Crippen LogP contribution in [0.2, 0.25) is 0 Å². The number of tetrazole rings is 1. The maximum atomic E-state index is 5.85. The standard InChI is InChI=1S/C15H21N5/c1-2-11-6-8-14(9-7-11)20-15(17-18-19-20)12-4-3-5-13(16)10-12/h3-5,10-11,14H,2,6-9,16H2,1H3. The van der Waals surface area contributed by atoms with E-state index in [-0.39, 0.29) is 0 Å². The van der Waals surface area contributed by atoms with Gasteiger partial charge in [0.05, 0.1) is 6.04 Å². The number of hydrogen-bond acceptors (Lipinski definition) is 4. The molecule has 0 amide bonds. The van der Waals surface area contributed by atoms with E-state index in [1.807, 2.05) is 28.9 Å². The molecule has 0 saturated heterocycles. The van der Waals surface area contributed by atoms with Crippen LogP contribution in [0.15, 0.2) is 24.3 Å². The van der Waals surface area contributed by atoms with Crippen molar-refractivity contribution >= 4 is 5.69 Å². The molecular formula is C15H21N5. The van der Waals surface area contributed by atoms with Crippen LogP contribution in [0, 0.1) is 5.92 Å². The van der Waals surface area contributed by atoms with Crippen LogP contribution >= 0.6 is 0 Å². The molecule has 1 aliphatic carbocycles. The van der Waals surface area contributed by atoms with Gasteiger partial charge >= 0.3 is 0 Å². The fourth-order valence-electron chi connectivity index (χ4n) is 3.11. The fourth-order valence-corrected chi connectivity index (χ4v) is 3.11. The average molecular weight is 271 g/mol. The first kappa shape index (κ1) is 13.1. The largest absolute Gasteiger partial charge is 0.399 e.